The largest absolute Gasteiger partial charge is 0.486 e. The number of nitrogens with two attached hydrogens (primary N) is 1. The average molecular weight is 308 g/mol. The molecule has 1 heterocycles. The summed E-state index contributed by atoms with van der Waals surface area (Å²) in [5.74, 6) is 4.16. The van der Waals surface area contributed by atoms with Gasteiger partial charge in [-0.1, -0.05) is 18.0 Å². The lowest BCUT2D eigenvalue weighted by Crippen LogP contribution is -2.21. The fourth-order valence-corrected chi connectivity index (χ4v) is 4.78. The molecule has 0 radical (unpaired) electrons. The number of halogens is 1. The number of fused-ring (bicyclic) bond motifs is 3. The molecule has 1 aromatic rings. The zero-order valence-corrected chi connectivity index (χ0v) is 12.9. The lowest BCUT2D eigenvalue weighted by molar-refractivity contribution is 0.171. The second-order valence-electron chi connectivity index (χ2n) is 6.79. The van der Waals surface area contributed by atoms with E-state index in [9.17, 15) is 0 Å². The van der Waals surface area contributed by atoms with E-state index in [1.165, 1.54) is 25.7 Å². The Balaban J connectivity index is 1.52. The Hall–Kier alpha value is -0.930. The van der Waals surface area contributed by atoms with Crippen molar-refractivity contribution < 1.29 is 9.47 Å². The molecule has 1 aromatic carbocycles. The van der Waals surface area contributed by atoms with Crippen LogP contribution in [0.2, 0.25) is 5.02 Å². The second kappa shape index (κ2) is 5.36. The lowest BCUT2D eigenvalue weighted by Gasteiger charge is -2.26. The quantitative estimate of drug-likeness (QED) is 0.920. The van der Waals surface area contributed by atoms with Crippen molar-refractivity contribution in [3.8, 4) is 11.5 Å². The highest BCUT2D eigenvalue weighted by atomic mass is 35.5. The van der Waals surface area contributed by atoms with Gasteiger partial charge in [-0.15, -0.1) is 0 Å². The van der Waals surface area contributed by atoms with Gasteiger partial charge in [0.05, 0.1) is 0 Å². The minimum Gasteiger partial charge on any atom is -0.486 e. The smallest absolute Gasteiger partial charge is 0.162 e. The molecule has 3 nitrogen and oxygen atoms in total. The molecule has 2 bridgehead atoms. The van der Waals surface area contributed by atoms with Gasteiger partial charge >= 0.3 is 0 Å². The molecule has 2 fully saturated rings. The molecule has 1 aliphatic heterocycles. The molecule has 4 atom stereocenters. The molecular formula is C17H22ClNO2. The first-order valence-electron chi connectivity index (χ1n) is 8.05. The Bertz CT molecular complexity index is 548. The maximum atomic E-state index is 6.46. The summed E-state index contributed by atoms with van der Waals surface area (Å²) in [6.07, 6.45) is 6.66. The van der Waals surface area contributed by atoms with E-state index in [1.54, 1.807) is 0 Å². The summed E-state index contributed by atoms with van der Waals surface area (Å²) in [5, 5.41) is 0.704. The van der Waals surface area contributed by atoms with Crippen LogP contribution in [0.25, 0.3) is 0 Å². The van der Waals surface area contributed by atoms with Crippen LogP contribution in [0.1, 0.15) is 43.7 Å². The van der Waals surface area contributed by atoms with Crippen molar-refractivity contribution in [1.29, 1.82) is 0 Å². The number of hydrogen-bond acceptors (Lipinski definition) is 3. The van der Waals surface area contributed by atoms with Crippen molar-refractivity contribution in [2.45, 2.75) is 38.1 Å². The van der Waals surface area contributed by atoms with Crippen LogP contribution in [0, 0.1) is 17.8 Å². The van der Waals surface area contributed by atoms with Crippen molar-refractivity contribution in [2.24, 2.45) is 23.5 Å². The van der Waals surface area contributed by atoms with Gasteiger partial charge in [0.25, 0.3) is 0 Å². The van der Waals surface area contributed by atoms with Crippen LogP contribution >= 0.6 is 11.6 Å². The van der Waals surface area contributed by atoms with Crippen LogP contribution in [0.3, 0.4) is 0 Å². The van der Waals surface area contributed by atoms with Crippen molar-refractivity contribution in [3.63, 3.8) is 0 Å². The van der Waals surface area contributed by atoms with E-state index >= 15 is 0 Å². The Morgan fingerprint density at radius 1 is 1.14 bits per heavy atom. The first-order chi connectivity index (χ1) is 10.2. The summed E-state index contributed by atoms with van der Waals surface area (Å²) >= 11 is 6.41. The maximum absolute atomic E-state index is 6.46. The monoisotopic (exact) mass is 307 g/mol. The van der Waals surface area contributed by atoms with Gasteiger partial charge in [-0.05, 0) is 55.1 Å². The summed E-state index contributed by atoms with van der Waals surface area (Å²) in [7, 11) is 0. The Kier molecular flexibility index (Phi) is 3.50. The zero-order chi connectivity index (χ0) is 14.4. The fraction of sp³-hybridized carbons (Fsp3) is 0.647. The third-order valence-electron chi connectivity index (χ3n) is 5.50. The number of ether oxygens (including phenoxy) is 2. The number of rotatable bonds is 3. The summed E-state index contributed by atoms with van der Waals surface area (Å²) in [6.45, 7) is 1.18. The van der Waals surface area contributed by atoms with E-state index < -0.39 is 0 Å². The Morgan fingerprint density at radius 2 is 1.90 bits per heavy atom. The van der Waals surface area contributed by atoms with Crippen LogP contribution in [0.4, 0.5) is 0 Å². The van der Waals surface area contributed by atoms with Gasteiger partial charge in [0.15, 0.2) is 11.5 Å². The summed E-state index contributed by atoms with van der Waals surface area (Å²) in [4.78, 5) is 0. The molecule has 4 unspecified atom stereocenters. The van der Waals surface area contributed by atoms with Crippen LogP contribution in [0.15, 0.2) is 12.1 Å². The second-order valence-corrected chi connectivity index (χ2v) is 7.20. The third-order valence-corrected chi connectivity index (χ3v) is 5.83. The molecular weight excluding hydrogens is 286 g/mol. The average Bonchev–Trinajstić information content (AvgIpc) is 3.09. The molecule has 0 aromatic heterocycles. The molecule has 114 valence electrons. The topological polar surface area (TPSA) is 44.5 Å². The highest BCUT2D eigenvalue weighted by Gasteiger charge is 2.40. The molecule has 0 saturated heterocycles. The molecule has 2 N–H and O–H groups in total. The van der Waals surface area contributed by atoms with Gasteiger partial charge in [-0.2, -0.15) is 0 Å². The molecule has 4 rings (SSSR count). The highest BCUT2D eigenvalue weighted by Crippen LogP contribution is 2.51. The Morgan fingerprint density at radius 3 is 2.57 bits per heavy atom. The van der Waals surface area contributed by atoms with E-state index in [0.29, 0.717) is 18.2 Å². The van der Waals surface area contributed by atoms with Crippen molar-refractivity contribution in [3.05, 3.63) is 22.7 Å². The van der Waals surface area contributed by atoms with Gasteiger partial charge in [-0.25, -0.2) is 0 Å². The van der Waals surface area contributed by atoms with Crippen LogP contribution < -0.4 is 15.2 Å². The Labute approximate surface area is 130 Å². The van der Waals surface area contributed by atoms with Crippen molar-refractivity contribution in [1.82, 2.24) is 0 Å². The third kappa shape index (κ3) is 2.51. The van der Waals surface area contributed by atoms with E-state index in [0.717, 1.165) is 41.2 Å². The van der Waals surface area contributed by atoms with E-state index in [4.69, 9.17) is 26.8 Å². The standard InChI is InChI=1S/C17H22ClNO2/c18-14-9-17-16(20-3-4-21-17)8-13(14)15(19)7-12-6-10-1-2-11(12)5-10/h8-12,15H,1-7,19H2. The van der Waals surface area contributed by atoms with Crippen LogP contribution in [-0.2, 0) is 0 Å². The minimum absolute atomic E-state index is 0.00215. The molecule has 2 saturated carbocycles. The summed E-state index contributed by atoms with van der Waals surface area (Å²) in [5.41, 5.74) is 7.46. The van der Waals surface area contributed by atoms with Crippen molar-refractivity contribution in [2.75, 3.05) is 13.2 Å². The fourth-order valence-electron chi connectivity index (χ4n) is 4.48. The first-order valence-corrected chi connectivity index (χ1v) is 8.43. The molecule has 21 heavy (non-hydrogen) atoms. The van der Waals surface area contributed by atoms with Crippen molar-refractivity contribution >= 4 is 11.6 Å². The van der Waals surface area contributed by atoms with E-state index in [2.05, 4.69) is 0 Å². The minimum atomic E-state index is -0.00215. The summed E-state index contributed by atoms with van der Waals surface area (Å²) in [6, 6.07) is 3.83. The van der Waals surface area contributed by atoms with Gasteiger partial charge in [-0.3, -0.25) is 0 Å². The first kappa shape index (κ1) is 13.7. The molecule has 0 amide bonds. The van der Waals surface area contributed by atoms with Gasteiger partial charge in [0.2, 0.25) is 0 Å². The lowest BCUT2D eigenvalue weighted by atomic mass is 9.83. The molecule has 0 spiro atoms. The van der Waals surface area contributed by atoms with E-state index in [-0.39, 0.29) is 6.04 Å². The number of hydrogen-bond donors (Lipinski definition) is 1. The van der Waals surface area contributed by atoms with Gasteiger partial charge < -0.3 is 15.2 Å². The van der Waals surface area contributed by atoms with E-state index in [1.807, 2.05) is 12.1 Å². The van der Waals surface area contributed by atoms with Crippen LogP contribution in [-0.4, -0.2) is 13.2 Å². The zero-order valence-electron chi connectivity index (χ0n) is 12.2. The normalized spacial score (nSPS) is 31.4. The molecule has 2 aliphatic carbocycles. The van der Waals surface area contributed by atoms with Gasteiger partial charge in [0.1, 0.15) is 13.2 Å². The SMILES string of the molecule is NC(CC1CC2CCC1C2)c1cc2c(cc1Cl)OCCO2. The maximum Gasteiger partial charge on any atom is 0.162 e. The summed E-state index contributed by atoms with van der Waals surface area (Å²) < 4.78 is 11.2. The molecule has 4 heteroatoms. The predicted molar refractivity (Wildman–Crippen MR) is 82.9 cm³/mol. The van der Waals surface area contributed by atoms with Crippen LogP contribution in [0.5, 0.6) is 11.5 Å². The predicted octanol–water partition coefficient (Wildman–Crippen LogP) is 3.94. The molecule has 3 aliphatic rings. The van der Waals surface area contributed by atoms with Gasteiger partial charge in [0, 0.05) is 17.1 Å². The number of benzene rings is 1. The highest BCUT2D eigenvalue weighted by molar-refractivity contribution is 6.31.